The number of hydrazine groups is 1. The van der Waals surface area contributed by atoms with Crippen LogP contribution in [0.3, 0.4) is 0 Å². The van der Waals surface area contributed by atoms with Crippen LogP contribution in [0, 0.1) is 5.92 Å². The van der Waals surface area contributed by atoms with Crippen LogP contribution in [0.2, 0.25) is 0 Å². The zero-order valence-corrected chi connectivity index (χ0v) is 14.3. The average molecular weight is 350 g/mol. The van der Waals surface area contributed by atoms with E-state index in [0.717, 1.165) is 0 Å². The Hall–Kier alpha value is -1.86. The molecule has 0 radical (unpaired) electrons. The van der Waals surface area contributed by atoms with E-state index in [-0.39, 0.29) is 24.7 Å². The number of carboxylic acids is 1. The van der Waals surface area contributed by atoms with Gasteiger partial charge in [-0.3, -0.25) is 19.6 Å². The molecule has 1 aliphatic rings. The lowest BCUT2D eigenvalue weighted by Gasteiger charge is -2.34. The van der Waals surface area contributed by atoms with Gasteiger partial charge < -0.3 is 5.11 Å². The van der Waals surface area contributed by atoms with Crippen molar-refractivity contribution in [3.63, 3.8) is 0 Å². The van der Waals surface area contributed by atoms with Gasteiger partial charge in [0.05, 0.1) is 5.88 Å². The lowest BCUT2D eigenvalue weighted by Crippen LogP contribution is -2.46. The number of hydrogen-bond acceptors (Lipinski definition) is 5. The summed E-state index contributed by atoms with van der Waals surface area (Å²) in [5, 5.41) is 14.3. The molecule has 1 aliphatic heterocycles. The highest BCUT2D eigenvalue weighted by atomic mass is 32.2. The van der Waals surface area contributed by atoms with Gasteiger partial charge in [0.15, 0.2) is 5.78 Å². The number of thioether (sulfide) groups is 1. The van der Waals surface area contributed by atoms with Crippen LogP contribution in [-0.2, 0) is 4.79 Å². The molecule has 0 bridgehead atoms. The van der Waals surface area contributed by atoms with E-state index in [0.29, 0.717) is 16.4 Å². The van der Waals surface area contributed by atoms with Gasteiger partial charge in [0.25, 0.3) is 0 Å². The van der Waals surface area contributed by atoms with Crippen molar-refractivity contribution in [2.45, 2.75) is 13.3 Å². The number of benzene rings is 1. The summed E-state index contributed by atoms with van der Waals surface area (Å²) < 4.78 is 0. The monoisotopic (exact) mass is 350 g/mol. The molecule has 2 rings (SSSR count). The van der Waals surface area contributed by atoms with E-state index in [9.17, 15) is 9.59 Å². The molecule has 5 nitrogen and oxygen atoms in total. The van der Waals surface area contributed by atoms with Crippen LogP contribution in [0.15, 0.2) is 41.9 Å². The second-order valence-electron chi connectivity index (χ2n) is 5.20. The van der Waals surface area contributed by atoms with E-state index in [1.807, 2.05) is 30.5 Å². The van der Waals surface area contributed by atoms with Gasteiger partial charge in [-0.05, 0) is 5.41 Å². The van der Waals surface area contributed by atoms with Crippen LogP contribution in [0.4, 0.5) is 0 Å². The smallest absolute Gasteiger partial charge is 0.325 e. The Morgan fingerprint density at radius 1 is 1.39 bits per heavy atom. The average Bonchev–Trinajstić information content (AvgIpc) is 3.06. The Morgan fingerprint density at radius 2 is 2.09 bits per heavy atom. The molecule has 1 N–H and O–H groups in total. The van der Waals surface area contributed by atoms with Crippen LogP contribution in [0.1, 0.15) is 23.7 Å². The third kappa shape index (κ3) is 4.80. The van der Waals surface area contributed by atoms with Crippen LogP contribution < -0.4 is 0 Å². The number of thiocarbonyl (C=S) groups is 1. The topological polar surface area (TPSA) is 60.9 Å². The largest absolute Gasteiger partial charge is 0.480 e. The maximum atomic E-state index is 12.3. The summed E-state index contributed by atoms with van der Waals surface area (Å²) in [7, 11) is 0. The molecule has 0 saturated carbocycles. The predicted octanol–water partition coefficient (Wildman–Crippen LogP) is 3.00. The number of aliphatic carboxylic acids is 1. The van der Waals surface area contributed by atoms with Crippen molar-refractivity contribution in [3.8, 4) is 0 Å². The Balaban J connectivity index is 2.04. The summed E-state index contributed by atoms with van der Waals surface area (Å²) in [5.41, 5.74) is 0.642. The van der Waals surface area contributed by atoms with Gasteiger partial charge in [-0.25, -0.2) is 0 Å². The van der Waals surface area contributed by atoms with E-state index in [1.165, 1.54) is 0 Å². The SMILES string of the molecule is CC(CC(=O)c1ccccc1)C(=S)N(CC(=O)O)N1C=CSC1. The van der Waals surface area contributed by atoms with Gasteiger partial charge in [-0.15, -0.1) is 11.8 Å². The first-order valence-corrected chi connectivity index (χ1v) is 8.61. The van der Waals surface area contributed by atoms with Crippen molar-refractivity contribution < 1.29 is 14.7 Å². The van der Waals surface area contributed by atoms with Crippen molar-refractivity contribution in [1.29, 1.82) is 0 Å². The van der Waals surface area contributed by atoms with Gasteiger partial charge in [-0.2, -0.15) is 0 Å². The first kappa shape index (κ1) is 17.5. The Labute approximate surface area is 144 Å². The predicted molar refractivity (Wildman–Crippen MR) is 94.9 cm³/mol. The quantitative estimate of drug-likeness (QED) is 0.599. The van der Waals surface area contributed by atoms with E-state index in [2.05, 4.69) is 0 Å². The molecule has 1 unspecified atom stereocenters. The molecule has 23 heavy (non-hydrogen) atoms. The molecule has 7 heteroatoms. The number of hydrogen-bond donors (Lipinski definition) is 1. The van der Waals surface area contributed by atoms with Crippen molar-refractivity contribution in [3.05, 3.63) is 47.5 Å². The molecule has 0 spiro atoms. The highest BCUT2D eigenvalue weighted by Gasteiger charge is 2.26. The lowest BCUT2D eigenvalue weighted by molar-refractivity contribution is -0.139. The zero-order valence-electron chi connectivity index (χ0n) is 12.7. The summed E-state index contributed by atoms with van der Waals surface area (Å²) >= 11 is 7.01. The van der Waals surface area contributed by atoms with E-state index in [4.69, 9.17) is 17.3 Å². The normalized spacial score (nSPS) is 14.6. The third-order valence-corrected chi connectivity index (χ3v) is 4.74. The minimum absolute atomic E-state index is 0.00191. The van der Waals surface area contributed by atoms with Crippen molar-refractivity contribution in [1.82, 2.24) is 10.0 Å². The van der Waals surface area contributed by atoms with Gasteiger partial charge >= 0.3 is 5.97 Å². The minimum Gasteiger partial charge on any atom is -0.480 e. The van der Waals surface area contributed by atoms with Gasteiger partial charge in [-0.1, -0.05) is 49.5 Å². The maximum absolute atomic E-state index is 12.3. The molecule has 1 aromatic carbocycles. The number of nitrogens with zero attached hydrogens (tertiary/aromatic N) is 2. The molecule has 0 amide bonds. The second kappa shape index (κ2) is 8.12. The third-order valence-electron chi connectivity index (χ3n) is 3.39. The van der Waals surface area contributed by atoms with Crippen LogP contribution in [0.25, 0.3) is 0 Å². The highest BCUT2D eigenvalue weighted by molar-refractivity contribution is 8.02. The summed E-state index contributed by atoms with van der Waals surface area (Å²) in [6, 6.07) is 9.04. The zero-order chi connectivity index (χ0) is 16.8. The number of Topliss-reactive ketones (excluding diaryl/α,β-unsaturated/α-hetero) is 1. The molecule has 0 saturated heterocycles. The molecule has 0 aliphatic carbocycles. The van der Waals surface area contributed by atoms with Crippen LogP contribution >= 0.6 is 24.0 Å². The fraction of sp³-hybridized carbons (Fsp3) is 0.312. The maximum Gasteiger partial charge on any atom is 0.325 e. The molecule has 1 heterocycles. The van der Waals surface area contributed by atoms with Gasteiger partial charge in [0.1, 0.15) is 11.5 Å². The molecule has 122 valence electrons. The first-order valence-electron chi connectivity index (χ1n) is 7.15. The highest BCUT2D eigenvalue weighted by Crippen LogP contribution is 2.21. The number of carbonyl (C=O) groups is 2. The van der Waals surface area contributed by atoms with Crippen LogP contribution in [-0.4, -0.2) is 44.3 Å². The number of ketones is 1. The first-order chi connectivity index (χ1) is 11.0. The Bertz CT molecular complexity index is 619. The molecular formula is C16H18N2O3S2. The minimum atomic E-state index is -0.959. The fourth-order valence-electron chi connectivity index (χ4n) is 2.21. The van der Waals surface area contributed by atoms with Gasteiger partial charge in [0.2, 0.25) is 0 Å². The van der Waals surface area contributed by atoms with Crippen molar-refractivity contribution >= 4 is 40.7 Å². The Kier molecular flexibility index (Phi) is 6.18. The standard InChI is InChI=1S/C16H18N2O3S2/c1-12(9-14(19)13-5-3-2-4-6-13)16(22)18(10-15(20)21)17-7-8-23-11-17/h2-8,12H,9-11H2,1H3,(H,20,21). The molecule has 1 atom stereocenters. The molecule has 0 aromatic heterocycles. The van der Waals surface area contributed by atoms with Crippen molar-refractivity contribution in [2.75, 3.05) is 12.4 Å². The van der Waals surface area contributed by atoms with E-state index in [1.54, 1.807) is 40.1 Å². The van der Waals surface area contributed by atoms with Crippen LogP contribution in [0.5, 0.6) is 0 Å². The number of carbonyl (C=O) groups excluding carboxylic acids is 1. The second-order valence-corrected chi connectivity index (χ2v) is 6.49. The summed E-state index contributed by atoms with van der Waals surface area (Å²) in [4.78, 5) is 23.9. The molecular weight excluding hydrogens is 332 g/mol. The van der Waals surface area contributed by atoms with E-state index >= 15 is 0 Å². The Morgan fingerprint density at radius 3 is 2.65 bits per heavy atom. The van der Waals surface area contributed by atoms with E-state index < -0.39 is 5.97 Å². The number of rotatable bonds is 7. The lowest BCUT2D eigenvalue weighted by atomic mass is 9.99. The van der Waals surface area contributed by atoms with Gasteiger partial charge in [0, 0.05) is 24.1 Å². The molecule has 1 aromatic rings. The number of carboxylic acid groups (broad SMARTS) is 1. The molecule has 0 fully saturated rings. The summed E-state index contributed by atoms with van der Waals surface area (Å²) in [5.74, 6) is -0.565. The van der Waals surface area contributed by atoms with Crippen molar-refractivity contribution in [2.24, 2.45) is 5.92 Å². The summed E-state index contributed by atoms with van der Waals surface area (Å²) in [6.07, 6.45) is 2.05. The summed E-state index contributed by atoms with van der Waals surface area (Å²) in [6.45, 7) is 1.64. The fourth-order valence-corrected chi connectivity index (χ4v) is 3.15.